The van der Waals surface area contributed by atoms with Gasteiger partial charge in [0.15, 0.2) is 0 Å². The molecule has 6 nitrogen and oxygen atoms in total. The summed E-state index contributed by atoms with van der Waals surface area (Å²) in [7, 11) is 1.57. The van der Waals surface area contributed by atoms with Gasteiger partial charge in [0.05, 0.1) is 5.71 Å². The number of hydrogen-bond acceptors (Lipinski definition) is 5. The molecular weight excluding hydrogens is 592 g/mol. The summed E-state index contributed by atoms with van der Waals surface area (Å²) < 4.78 is 0. The van der Waals surface area contributed by atoms with Crippen molar-refractivity contribution >= 4 is 23.4 Å². The summed E-state index contributed by atoms with van der Waals surface area (Å²) in [5.41, 5.74) is 8.13. The van der Waals surface area contributed by atoms with Crippen LogP contribution in [0.15, 0.2) is 76.5 Å². The van der Waals surface area contributed by atoms with Crippen LogP contribution < -0.4 is 10.7 Å². The zero-order valence-corrected chi connectivity index (χ0v) is 32.1. The van der Waals surface area contributed by atoms with Crippen molar-refractivity contribution < 1.29 is 9.63 Å². The Bertz CT molecular complexity index is 1100. The van der Waals surface area contributed by atoms with E-state index in [1.54, 1.807) is 19.2 Å². The number of allylic oxidation sites excluding steroid dienone is 1. The molecule has 1 fully saturated rings. The van der Waals surface area contributed by atoms with E-state index in [9.17, 15) is 4.79 Å². The summed E-state index contributed by atoms with van der Waals surface area (Å²) in [6.07, 6.45) is 18.2. The number of hydrogen-bond donors (Lipinski definition) is 2. The maximum atomic E-state index is 11.6. The summed E-state index contributed by atoms with van der Waals surface area (Å²) >= 11 is 0. The summed E-state index contributed by atoms with van der Waals surface area (Å²) in [6.45, 7) is 18.5. The molecule has 1 saturated carbocycles. The standard InChI is InChI=1S/C12H16N2O.C12H25N.C12H16.C6H13NO/c1-3-11(4-2)13-14-12(15)10-8-6-5-7-9-10;1-3-11(4-2)10-13-12-8-6-5-7-9-12;1-3-11(4-2)10-12-8-6-5-7-9-12;1-4-6(5-2)7-8-3/h5-9H,3-4H2,1-2H3,(H,14,15);11-13H,3-10H2,1-2H3;5-10H,3-4H2,1-2H3;4-5H2,1-3H3. The lowest BCUT2D eigenvalue weighted by Crippen LogP contribution is -2.34. The molecule has 0 bridgehead atoms. The summed E-state index contributed by atoms with van der Waals surface area (Å²) in [4.78, 5) is 16.1. The number of carbonyl (C=O) groups is 1. The highest BCUT2D eigenvalue weighted by molar-refractivity contribution is 5.95. The Morgan fingerprint density at radius 1 is 0.750 bits per heavy atom. The molecule has 0 atom stereocenters. The van der Waals surface area contributed by atoms with E-state index in [-0.39, 0.29) is 5.91 Å². The number of nitrogens with zero attached hydrogens (tertiary/aromatic N) is 2. The first-order valence-electron chi connectivity index (χ1n) is 18.8. The number of oxime groups is 1. The molecule has 1 aliphatic carbocycles. The van der Waals surface area contributed by atoms with Gasteiger partial charge >= 0.3 is 0 Å². The van der Waals surface area contributed by atoms with Crippen LogP contribution in [0.2, 0.25) is 0 Å². The minimum Gasteiger partial charge on any atom is -0.399 e. The molecule has 2 N–H and O–H groups in total. The van der Waals surface area contributed by atoms with Crippen LogP contribution in [-0.4, -0.2) is 37.0 Å². The number of amides is 1. The normalized spacial score (nSPS) is 12.0. The third-order valence-electron chi connectivity index (χ3n) is 8.74. The van der Waals surface area contributed by atoms with E-state index in [4.69, 9.17) is 0 Å². The highest BCUT2D eigenvalue weighted by Gasteiger charge is 2.13. The predicted molar refractivity (Wildman–Crippen MR) is 211 cm³/mol. The number of rotatable bonds is 15. The van der Waals surface area contributed by atoms with E-state index in [0.717, 1.165) is 61.9 Å². The average Bonchev–Trinajstić information content (AvgIpc) is 3.15. The van der Waals surface area contributed by atoms with Crippen LogP contribution in [-0.2, 0) is 4.84 Å². The molecule has 2 aromatic rings. The van der Waals surface area contributed by atoms with E-state index < -0.39 is 0 Å². The average molecular weight is 663 g/mol. The maximum Gasteiger partial charge on any atom is 0.271 e. The smallest absolute Gasteiger partial charge is 0.271 e. The van der Waals surface area contributed by atoms with Gasteiger partial charge in [-0.1, -0.05) is 153 Å². The molecule has 0 aliphatic heterocycles. The van der Waals surface area contributed by atoms with Crippen molar-refractivity contribution in [3.05, 3.63) is 77.4 Å². The maximum absolute atomic E-state index is 11.6. The van der Waals surface area contributed by atoms with E-state index in [1.807, 2.05) is 32.0 Å². The summed E-state index contributed by atoms with van der Waals surface area (Å²) in [5.74, 6) is 0.747. The molecule has 0 saturated heterocycles. The molecule has 48 heavy (non-hydrogen) atoms. The Morgan fingerprint density at radius 3 is 1.71 bits per heavy atom. The minimum absolute atomic E-state index is 0.157. The summed E-state index contributed by atoms with van der Waals surface area (Å²) in [6, 6.07) is 20.4. The third kappa shape index (κ3) is 22.3. The fraction of sp³-hybridized carbons (Fsp3) is 0.595. The van der Waals surface area contributed by atoms with Crippen LogP contribution in [0.25, 0.3) is 6.08 Å². The van der Waals surface area contributed by atoms with Crippen molar-refractivity contribution in [3.8, 4) is 0 Å². The third-order valence-corrected chi connectivity index (χ3v) is 8.74. The van der Waals surface area contributed by atoms with Gasteiger partial charge in [0.1, 0.15) is 7.11 Å². The van der Waals surface area contributed by atoms with Gasteiger partial charge in [0, 0.05) is 17.3 Å². The van der Waals surface area contributed by atoms with Gasteiger partial charge in [-0.25, -0.2) is 5.43 Å². The second kappa shape index (κ2) is 31.0. The molecule has 0 heterocycles. The molecule has 270 valence electrons. The van der Waals surface area contributed by atoms with Crippen LogP contribution in [0.3, 0.4) is 0 Å². The van der Waals surface area contributed by atoms with E-state index in [2.05, 4.69) is 104 Å². The van der Waals surface area contributed by atoms with Crippen molar-refractivity contribution in [2.45, 2.75) is 145 Å². The lowest BCUT2D eigenvalue weighted by atomic mass is 9.94. The predicted octanol–water partition coefficient (Wildman–Crippen LogP) is 11.6. The molecule has 6 heteroatoms. The first-order chi connectivity index (χ1) is 23.3. The number of carbonyl (C=O) groups excluding carboxylic acids is 1. The lowest BCUT2D eigenvalue weighted by molar-refractivity contribution is 0.0954. The largest absolute Gasteiger partial charge is 0.399 e. The fourth-order valence-electron chi connectivity index (χ4n) is 5.16. The van der Waals surface area contributed by atoms with Gasteiger partial charge in [-0.3, -0.25) is 4.79 Å². The Kier molecular flexibility index (Phi) is 28.9. The molecule has 1 aliphatic rings. The van der Waals surface area contributed by atoms with Gasteiger partial charge in [-0.15, -0.1) is 0 Å². The second-order valence-corrected chi connectivity index (χ2v) is 12.1. The van der Waals surface area contributed by atoms with Gasteiger partial charge in [0.25, 0.3) is 5.91 Å². The van der Waals surface area contributed by atoms with Gasteiger partial charge < -0.3 is 10.2 Å². The molecule has 2 aromatic carbocycles. The highest BCUT2D eigenvalue weighted by Crippen LogP contribution is 2.18. The molecule has 0 unspecified atom stereocenters. The Balaban J connectivity index is 0.000000627. The molecule has 0 radical (unpaired) electrons. The van der Waals surface area contributed by atoms with Gasteiger partial charge in [-0.05, 0) is 81.5 Å². The van der Waals surface area contributed by atoms with Crippen molar-refractivity contribution in [1.82, 2.24) is 10.7 Å². The first-order valence-corrected chi connectivity index (χ1v) is 18.8. The second-order valence-electron chi connectivity index (χ2n) is 12.1. The number of hydrazone groups is 1. The molecule has 1 amide bonds. The lowest BCUT2D eigenvalue weighted by Gasteiger charge is -2.25. The van der Waals surface area contributed by atoms with E-state index in [1.165, 1.54) is 62.6 Å². The molecule has 0 spiro atoms. The quantitative estimate of drug-likeness (QED) is 0.147. The fourth-order valence-corrected chi connectivity index (χ4v) is 5.16. The van der Waals surface area contributed by atoms with E-state index in [0.29, 0.717) is 5.56 Å². The Morgan fingerprint density at radius 2 is 1.27 bits per heavy atom. The zero-order chi connectivity index (χ0) is 35.8. The van der Waals surface area contributed by atoms with Crippen molar-refractivity contribution in [3.63, 3.8) is 0 Å². The van der Waals surface area contributed by atoms with Gasteiger partial charge in [0.2, 0.25) is 0 Å². The van der Waals surface area contributed by atoms with Crippen LogP contribution in [0.1, 0.15) is 155 Å². The van der Waals surface area contributed by atoms with Crippen LogP contribution in [0.4, 0.5) is 0 Å². The molecule has 0 aromatic heterocycles. The highest BCUT2D eigenvalue weighted by atomic mass is 16.6. The first kappa shape index (κ1) is 44.8. The SMILES string of the molecule is CCC(=Cc1ccccc1)CC.CCC(CC)=NNC(=O)c1ccccc1.CCC(CC)=NOC.CCC(CC)CNC1CCCCC1. The topological polar surface area (TPSA) is 75.1 Å². The van der Waals surface area contributed by atoms with Gasteiger partial charge in [-0.2, -0.15) is 5.10 Å². The Hall–Kier alpha value is -3.25. The molecule has 3 rings (SSSR count). The monoisotopic (exact) mass is 663 g/mol. The van der Waals surface area contributed by atoms with Crippen LogP contribution >= 0.6 is 0 Å². The van der Waals surface area contributed by atoms with Crippen LogP contribution in [0.5, 0.6) is 0 Å². The van der Waals surface area contributed by atoms with E-state index >= 15 is 0 Å². The summed E-state index contributed by atoms with van der Waals surface area (Å²) in [5, 5.41) is 11.6. The van der Waals surface area contributed by atoms with Crippen LogP contribution in [0, 0.1) is 5.92 Å². The Labute approximate surface area is 295 Å². The number of benzene rings is 2. The number of nitrogens with one attached hydrogen (secondary N) is 2. The molecular formula is C42H70N4O2. The minimum atomic E-state index is -0.157. The zero-order valence-electron chi connectivity index (χ0n) is 32.1. The van der Waals surface area contributed by atoms with Crippen molar-refractivity contribution in [2.24, 2.45) is 16.2 Å². The van der Waals surface area contributed by atoms with Crippen molar-refractivity contribution in [1.29, 1.82) is 0 Å². The van der Waals surface area contributed by atoms with Crippen molar-refractivity contribution in [2.75, 3.05) is 13.7 Å².